The minimum atomic E-state index is -0.633. The monoisotopic (exact) mass is 328 g/mol. The summed E-state index contributed by atoms with van der Waals surface area (Å²) in [5, 5.41) is 2.53. The molecule has 1 heterocycles. The second-order valence-corrected chi connectivity index (χ2v) is 4.65. The van der Waals surface area contributed by atoms with Gasteiger partial charge in [-0.3, -0.25) is 4.79 Å². The zero-order valence-corrected chi connectivity index (χ0v) is 11.3. The van der Waals surface area contributed by atoms with Crippen LogP contribution in [0.25, 0.3) is 0 Å². The minimum Gasteiger partial charge on any atom is -0.307 e. The number of aromatic nitrogens is 1. The molecule has 0 aliphatic heterocycles. The fourth-order valence-corrected chi connectivity index (χ4v) is 1.76. The second kappa shape index (κ2) is 5.46. The summed E-state index contributed by atoms with van der Waals surface area (Å²) in [6.07, 6.45) is 0. The van der Waals surface area contributed by atoms with Gasteiger partial charge in [-0.2, -0.15) is 0 Å². The second-order valence-electron chi connectivity index (χ2n) is 3.43. The zero-order chi connectivity index (χ0) is 13.1. The largest absolute Gasteiger partial charge is 0.307 e. The first-order valence-corrected chi connectivity index (χ1v) is 6.12. The van der Waals surface area contributed by atoms with E-state index in [4.69, 9.17) is 11.6 Å². The summed E-state index contributed by atoms with van der Waals surface area (Å²) in [6, 6.07) is 8.95. The number of halogens is 3. The highest BCUT2D eigenvalue weighted by Crippen LogP contribution is 2.17. The van der Waals surface area contributed by atoms with Crippen molar-refractivity contribution < 1.29 is 9.18 Å². The van der Waals surface area contributed by atoms with E-state index < -0.39 is 11.7 Å². The maximum absolute atomic E-state index is 13.2. The number of nitrogens with one attached hydrogen (secondary N) is 1. The van der Waals surface area contributed by atoms with Crippen LogP contribution in [0, 0.1) is 5.82 Å². The quantitative estimate of drug-likeness (QED) is 0.849. The van der Waals surface area contributed by atoms with Gasteiger partial charge in [0.05, 0.1) is 5.02 Å². The molecule has 1 aromatic carbocycles. The van der Waals surface area contributed by atoms with Crippen molar-refractivity contribution in [3.8, 4) is 0 Å². The molecule has 0 unspecified atom stereocenters. The van der Waals surface area contributed by atoms with Gasteiger partial charge in [-0.1, -0.05) is 17.7 Å². The first kappa shape index (κ1) is 13.0. The van der Waals surface area contributed by atoms with Gasteiger partial charge in [-0.25, -0.2) is 9.37 Å². The van der Waals surface area contributed by atoms with E-state index in [0.717, 1.165) is 6.07 Å². The molecule has 0 aliphatic rings. The molecular formula is C12H7BrClFN2O. The van der Waals surface area contributed by atoms with Gasteiger partial charge >= 0.3 is 0 Å². The Morgan fingerprint density at radius 1 is 1.33 bits per heavy atom. The van der Waals surface area contributed by atoms with Crippen LogP contribution in [0.4, 0.5) is 10.2 Å². The molecule has 92 valence electrons. The van der Waals surface area contributed by atoms with Gasteiger partial charge in [0.15, 0.2) is 0 Å². The smallest absolute Gasteiger partial charge is 0.256 e. The van der Waals surface area contributed by atoms with Gasteiger partial charge in [0.25, 0.3) is 5.91 Å². The summed E-state index contributed by atoms with van der Waals surface area (Å²) >= 11 is 8.73. The zero-order valence-electron chi connectivity index (χ0n) is 8.95. The van der Waals surface area contributed by atoms with Crippen molar-refractivity contribution in [2.45, 2.75) is 0 Å². The van der Waals surface area contributed by atoms with Crippen molar-refractivity contribution in [3.05, 3.63) is 57.4 Å². The molecule has 1 aromatic heterocycles. The predicted octanol–water partition coefficient (Wildman–Crippen LogP) is 3.89. The lowest BCUT2D eigenvalue weighted by molar-refractivity contribution is 0.102. The van der Waals surface area contributed by atoms with E-state index in [1.807, 2.05) is 0 Å². The number of benzene rings is 1. The molecule has 1 amide bonds. The lowest BCUT2D eigenvalue weighted by Crippen LogP contribution is -2.13. The summed E-state index contributed by atoms with van der Waals surface area (Å²) in [6.45, 7) is 0. The third-order valence-electron chi connectivity index (χ3n) is 2.14. The molecule has 0 radical (unpaired) electrons. The molecule has 2 aromatic rings. The number of rotatable bonds is 2. The maximum Gasteiger partial charge on any atom is 0.256 e. The number of nitrogens with zero attached hydrogens (tertiary/aromatic N) is 1. The molecule has 3 nitrogen and oxygen atoms in total. The van der Waals surface area contributed by atoms with Crippen molar-refractivity contribution in [1.82, 2.24) is 4.98 Å². The summed E-state index contributed by atoms with van der Waals surface area (Å²) in [7, 11) is 0. The Kier molecular flexibility index (Phi) is 3.93. The molecule has 0 saturated heterocycles. The number of carbonyl (C=O) groups excluding carboxylic acids is 1. The standard InChI is InChI=1S/C12H7BrClFN2O/c13-10-2-1-3-11(16-10)17-12(18)7-4-5-8(14)9(15)6-7/h1-6H,(H,16,17,18). The Bertz CT molecular complexity index is 606. The van der Waals surface area contributed by atoms with Gasteiger partial charge in [-0.15, -0.1) is 0 Å². The van der Waals surface area contributed by atoms with Crippen LogP contribution >= 0.6 is 27.5 Å². The number of carbonyl (C=O) groups is 1. The molecular weight excluding hydrogens is 322 g/mol. The van der Waals surface area contributed by atoms with E-state index in [0.29, 0.717) is 10.4 Å². The number of amides is 1. The van der Waals surface area contributed by atoms with Crippen LogP contribution in [0.1, 0.15) is 10.4 Å². The van der Waals surface area contributed by atoms with Gasteiger partial charge in [0.1, 0.15) is 16.2 Å². The normalized spacial score (nSPS) is 10.2. The highest BCUT2D eigenvalue weighted by Gasteiger charge is 2.09. The summed E-state index contributed by atoms with van der Waals surface area (Å²) in [5.41, 5.74) is 0.179. The van der Waals surface area contributed by atoms with Crippen LogP contribution in [0.5, 0.6) is 0 Å². The molecule has 0 aliphatic carbocycles. The van der Waals surface area contributed by atoms with E-state index in [2.05, 4.69) is 26.2 Å². The molecule has 0 atom stereocenters. The average molecular weight is 330 g/mol. The molecule has 6 heteroatoms. The lowest BCUT2D eigenvalue weighted by Gasteiger charge is -2.05. The fraction of sp³-hybridized carbons (Fsp3) is 0. The van der Waals surface area contributed by atoms with Crippen molar-refractivity contribution >= 4 is 39.3 Å². The lowest BCUT2D eigenvalue weighted by atomic mass is 10.2. The number of hydrogen-bond acceptors (Lipinski definition) is 2. The average Bonchev–Trinajstić information content (AvgIpc) is 2.32. The van der Waals surface area contributed by atoms with Crippen LogP contribution < -0.4 is 5.32 Å². The van der Waals surface area contributed by atoms with Crippen molar-refractivity contribution in [2.24, 2.45) is 0 Å². The maximum atomic E-state index is 13.2. The number of hydrogen-bond donors (Lipinski definition) is 1. The van der Waals surface area contributed by atoms with E-state index in [-0.39, 0.29) is 10.6 Å². The minimum absolute atomic E-state index is 0.0212. The van der Waals surface area contributed by atoms with Crippen molar-refractivity contribution in [1.29, 1.82) is 0 Å². The highest BCUT2D eigenvalue weighted by molar-refractivity contribution is 9.10. The van der Waals surface area contributed by atoms with E-state index >= 15 is 0 Å². The fourth-order valence-electron chi connectivity index (χ4n) is 1.30. The molecule has 0 fully saturated rings. The molecule has 0 bridgehead atoms. The number of pyridine rings is 1. The van der Waals surface area contributed by atoms with E-state index in [1.54, 1.807) is 18.2 Å². The third-order valence-corrected chi connectivity index (χ3v) is 2.89. The van der Waals surface area contributed by atoms with Crippen LogP contribution in [0.15, 0.2) is 41.0 Å². The SMILES string of the molecule is O=C(Nc1cccc(Br)n1)c1ccc(Cl)c(F)c1. The first-order chi connectivity index (χ1) is 8.56. The Balaban J connectivity index is 2.19. The number of anilines is 1. The first-order valence-electron chi connectivity index (χ1n) is 4.95. The third kappa shape index (κ3) is 3.05. The van der Waals surface area contributed by atoms with Crippen LogP contribution in [0.2, 0.25) is 5.02 Å². The van der Waals surface area contributed by atoms with Crippen LogP contribution in [0.3, 0.4) is 0 Å². The molecule has 2 rings (SSSR count). The van der Waals surface area contributed by atoms with E-state index in [1.165, 1.54) is 12.1 Å². The Morgan fingerprint density at radius 3 is 2.78 bits per heavy atom. The molecule has 0 spiro atoms. The Labute approximate surface area is 116 Å². The predicted molar refractivity (Wildman–Crippen MR) is 71.3 cm³/mol. The summed E-state index contributed by atoms with van der Waals surface area (Å²) < 4.78 is 13.8. The van der Waals surface area contributed by atoms with Crippen LogP contribution in [-0.2, 0) is 0 Å². The molecule has 0 saturated carbocycles. The van der Waals surface area contributed by atoms with Gasteiger partial charge in [-0.05, 0) is 46.3 Å². The summed E-state index contributed by atoms with van der Waals surface area (Å²) in [4.78, 5) is 15.9. The van der Waals surface area contributed by atoms with Gasteiger partial charge in [0.2, 0.25) is 0 Å². The van der Waals surface area contributed by atoms with Crippen LogP contribution in [-0.4, -0.2) is 10.9 Å². The molecule has 18 heavy (non-hydrogen) atoms. The van der Waals surface area contributed by atoms with E-state index in [9.17, 15) is 9.18 Å². The van der Waals surface area contributed by atoms with Gasteiger partial charge < -0.3 is 5.32 Å². The Hall–Kier alpha value is -1.46. The summed E-state index contributed by atoms with van der Waals surface area (Å²) in [5.74, 6) is -0.701. The molecule has 1 N–H and O–H groups in total. The topological polar surface area (TPSA) is 42.0 Å². The highest BCUT2D eigenvalue weighted by atomic mass is 79.9. The van der Waals surface area contributed by atoms with Gasteiger partial charge in [0, 0.05) is 5.56 Å². The van der Waals surface area contributed by atoms with Crippen molar-refractivity contribution in [2.75, 3.05) is 5.32 Å². The Morgan fingerprint density at radius 2 is 2.11 bits per heavy atom. The van der Waals surface area contributed by atoms with Crippen molar-refractivity contribution in [3.63, 3.8) is 0 Å².